The van der Waals surface area contributed by atoms with Gasteiger partial charge in [0.15, 0.2) is 0 Å². The Morgan fingerprint density at radius 1 is 1.19 bits per heavy atom. The zero-order valence-electron chi connectivity index (χ0n) is 9.43. The smallest absolute Gasteiger partial charge is 0.0810 e. The van der Waals surface area contributed by atoms with Crippen molar-refractivity contribution in [2.24, 2.45) is 5.73 Å². The van der Waals surface area contributed by atoms with Gasteiger partial charge < -0.3 is 15.6 Å². The Kier molecular flexibility index (Phi) is 3.27. The summed E-state index contributed by atoms with van der Waals surface area (Å²) in [4.78, 5) is 5.40. The molecular formula is C13H17N3. The number of para-hydroxylation sites is 1. The molecule has 1 unspecified atom stereocenters. The lowest BCUT2D eigenvalue weighted by molar-refractivity contribution is 0.664. The van der Waals surface area contributed by atoms with Crippen LogP contribution in [0.2, 0.25) is 0 Å². The summed E-state index contributed by atoms with van der Waals surface area (Å²) < 4.78 is 0. The summed E-state index contributed by atoms with van der Waals surface area (Å²) in [5.74, 6) is 0. The van der Waals surface area contributed by atoms with Gasteiger partial charge in [-0.3, -0.25) is 0 Å². The monoisotopic (exact) mass is 215 g/mol. The molecule has 2 rings (SSSR count). The van der Waals surface area contributed by atoms with Gasteiger partial charge in [0.1, 0.15) is 0 Å². The van der Waals surface area contributed by atoms with Gasteiger partial charge >= 0.3 is 0 Å². The molecule has 0 aliphatic rings. The van der Waals surface area contributed by atoms with Gasteiger partial charge in [0.05, 0.1) is 6.04 Å². The van der Waals surface area contributed by atoms with Crippen LogP contribution in [-0.4, -0.2) is 18.6 Å². The third-order valence-corrected chi connectivity index (χ3v) is 2.84. The van der Waals surface area contributed by atoms with Crippen LogP contribution in [0.4, 0.5) is 5.69 Å². The zero-order chi connectivity index (χ0) is 11.4. The van der Waals surface area contributed by atoms with Crippen molar-refractivity contribution >= 4 is 5.69 Å². The van der Waals surface area contributed by atoms with Gasteiger partial charge in [-0.1, -0.05) is 18.2 Å². The van der Waals surface area contributed by atoms with Gasteiger partial charge in [-0.2, -0.15) is 0 Å². The zero-order valence-corrected chi connectivity index (χ0v) is 9.43. The first-order valence-electron chi connectivity index (χ1n) is 5.44. The number of aromatic amines is 1. The predicted octanol–water partition coefficient (Wildman–Crippen LogP) is 2.15. The SMILES string of the molecule is CN(c1ccccc1)C(CN)c1ccc[nH]1. The maximum Gasteiger partial charge on any atom is 0.0810 e. The van der Waals surface area contributed by atoms with Gasteiger partial charge in [0, 0.05) is 31.2 Å². The van der Waals surface area contributed by atoms with Gasteiger partial charge in [0.2, 0.25) is 0 Å². The second-order valence-corrected chi connectivity index (χ2v) is 3.82. The first kappa shape index (κ1) is 10.8. The van der Waals surface area contributed by atoms with Crippen LogP contribution in [0.15, 0.2) is 48.7 Å². The number of nitrogens with one attached hydrogen (secondary N) is 1. The number of hydrogen-bond acceptors (Lipinski definition) is 2. The molecule has 1 heterocycles. The third-order valence-electron chi connectivity index (χ3n) is 2.84. The minimum absolute atomic E-state index is 0.192. The number of H-pyrrole nitrogens is 1. The summed E-state index contributed by atoms with van der Waals surface area (Å²) in [5, 5.41) is 0. The van der Waals surface area contributed by atoms with Crippen LogP contribution in [0.3, 0.4) is 0 Å². The van der Waals surface area contributed by atoms with Crippen LogP contribution in [0.1, 0.15) is 11.7 Å². The van der Waals surface area contributed by atoms with Crippen LogP contribution in [0, 0.1) is 0 Å². The number of benzene rings is 1. The van der Waals surface area contributed by atoms with E-state index in [4.69, 9.17) is 5.73 Å². The number of hydrogen-bond donors (Lipinski definition) is 2. The third kappa shape index (κ3) is 2.09. The van der Waals surface area contributed by atoms with Crippen LogP contribution >= 0.6 is 0 Å². The highest BCUT2D eigenvalue weighted by Crippen LogP contribution is 2.23. The maximum atomic E-state index is 5.84. The Morgan fingerprint density at radius 3 is 2.50 bits per heavy atom. The Bertz CT molecular complexity index is 408. The van der Waals surface area contributed by atoms with Crippen molar-refractivity contribution in [3.8, 4) is 0 Å². The molecule has 1 aromatic carbocycles. The fourth-order valence-electron chi connectivity index (χ4n) is 1.89. The first-order valence-corrected chi connectivity index (χ1v) is 5.44. The molecule has 0 radical (unpaired) electrons. The molecule has 1 aromatic heterocycles. The van der Waals surface area contributed by atoms with E-state index in [9.17, 15) is 0 Å². The number of likely N-dealkylation sites (N-methyl/N-ethyl adjacent to an activating group) is 1. The van der Waals surface area contributed by atoms with E-state index in [1.165, 1.54) is 5.69 Å². The minimum atomic E-state index is 0.192. The predicted molar refractivity (Wildman–Crippen MR) is 67.4 cm³/mol. The summed E-state index contributed by atoms with van der Waals surface area (Å²) in [5.41, 5.74) is 8.16. The normalized spacial score (nSPS) is 12.4. The molecule has 0 amide bonds. The van der Waals surface area contributed by atoms with E-state index in [2.05, 4.69) is 35.1 Å². The Labute approximate surface area is 95.9 Å². The highest BCUT2D eigenvalue weighted by molar-refractivity contribution is 5.47. The molecule has 0 spiro atoms. The second kappa shape index (κ2) is 4.86. The van der Waals surface area contributed by atoms with Crippen molar-refractivity contribution in [2.75, 3.05) is 18.5 Å². The quantitative estimate of drug-likeness (QED) is 0.820. The number of nitrogens with two attached hydrogens (primary N) is 1. The molecular weight excluding hydrogens is 198 g/mol. The van der Waals surface area contributed by atoms with E-state index in [-0.39, 0.29) is 6.04 Å². The van der Waals surface area contributed by atoms with Crippen molar-refractivity contribution in [3.05, 3.63) is 54.4 Å². The Balaban J connectivity index is 2.23. The van der Waals surface area contributed by atoms with E-state index in [0.717, 1.165) is 5.69 Å². The Morgan fingerprint density at radius 2 is 1.94 bits per heavy atom. The number of nitrogens with zero attached hydrogens (tertiary/aromatic N) is 1. The molecule has 16 heavy (non-hydrogen) atoms. The van der Waals surface area contributed by atoms with Crippen LogP contribution < -0.4 is 10.6 Å². The lowest BCUT2D eigenvalue weighted by Gasteiger charge is -2.28. The van der Waals surface area contributed by atoms with Crippen molar-refractivity contribution in [1.29, 1.82) is 0 Å². The molecule has 3 N–H and O–H groups in total. The summed E-state index contributed by atoms with van der Waals surface area (Å²) in [6, 6.07) is 14.5. The molecule has 0 saturated carbocycles. The van der Waals surface area contributed by atoms with Crippen molar-refractivity contribution < 1.29 is 0 Å². The average molecular weight is 215 g/mol. The maximum absolute atomic E-state index is 5.84. The molecule has 84 valence electrons. The standard InChI is InChI=1S/C13H17N3/c1-16(11-6-3-2-4-7-11)13(10-14)12-8-5-9-15-12/h2-9,13,15H,10,14H2,1H3. The largest absolute Gasteiger partial charge is 0.365 e. The van der Waals surface area contributed by atoms with E-state index < -0.39 is 0 Å². The second-order valence-electron chi connectivity index (χ2n) is 3.82. The lowest BCUT2D eigenvalue weighted by atomic mass is 10.1. The first-order chi connectivity index (χ1) is 7.83. The van der Waals surface area contributed by atoms with Crippen molar-refractivity contribution in [2.45, 2.75) is 6.04 Å². The lowest BCUT2D eigenvalue weighted by Crippen LogP contribution is -2.30. The van der Waals surface area contributed by atoms with Gasteiger partial charge in [-0.05, 0) is 24.3 Å². The van der Waals surface area contributed by atoms with E-state index in [1.54, 1.807) is 0 Å². The van der Waals surface area contributed by atoms with Crippen LogP contribution in [0.25, 0.3) is 0 Å². The molecule has 0 fully saturated rings. The van der Waals surface area contributed by atoms with E-state index in [0.29, 0.717) is 6.54 Å². The minimum Gasteiger partial charge on any atom is -0.365 e. The highest BCUT2D eigenvalue weighted by atomic mass is 15.2. The molecule has 3 heteroatoms. The topological polar surface area (TPSA) is 45.0 Å². The van der Waals surface area contributed by atoms with Gasteiger partial charge in [-0.25, -0.2) is 0 Å². The molecule has 1 atom stereocenters. The van der Waals surface area contributed by atoms with Crippen LogP contribution in [-0.2, 0) is 0 Å². The van der Waals surface area contributed by atoms with Crippen LogP contribution in [0.5, 0.6) is 0 Å². The van der Waals surface area contributed by atoms with E-state index in [1.807, 2.05) is 30.5 Å². The summed E-state index contributed by atoms with van der Waals surface area (Å²) in [6.45, 7) is 0.589. The number of aromatic nitrogens is 1. The fraction of sp³-hybridized carbons (Fsp3) is 0.231. The van der Waals surface area contributed by atoms with Crippen molar-refractivity contribution in [1.82, 2.24) is 4.98 Å². The highest BCUT2D eigenvalue weighted by Gasteiger charge is 2.16. The summed E-state index contributed by atoms with van der Waals surface area (Å²) >= 11 is 0. The van der Waals surface area contributed by atoms with Gasteiger partial charge in [-0.15, -0.1) is 0 Å². The molecule has 0 bridgehead atoms. The average Bonchev–Trinajstić information content (AvgIpc) is 2.85. The molecule has 0 aliphatic carbocycles. The molecule has 2 aromatic rings. The summed E-state index contributed by atoms with van der Waals surface area (Å²) in [6.07, 6.45) is 1.93. The van der Waals surface area contributed by atoms with Gasteiger partial charge in [0.25, 0.3) is 0 Å². The molecule has 0 saturated heterocycles. The summed E-state index contributed by atoms with van der Waals surface area (Å²) in [7, 11) is 2.06. The fourth-order valence-corrected chi connectivity index (χ4v) is 1.89. The molecule has 0 aliphatic heterocycles. The number of anilines is 1. The Hall–Kier alpha value is -1.74. The molecule has 3 nitrogen and oxygen atoms in total. The number of rotatable bonds is 4. The van der Waals surface area contributed by atoms with Crippen molar-refractivity contribution in [3.63, 3.8) is 0 Å². The van der Waals surface area contributed by atoms with E-state index >= 15 is 0 Å².